The van der Waals surface area contributed by atoms with Crippen LogP contribution in [-0.4, -0.2) is 52.0 Å². The van der Waals surface area contributed by atoms with Crippen LogP contribution < -0.4 is 0 Å². The van der Waals surface area contributed by atoms with Gasteiger partial charge in [0.15, 0.2) is 0 Å². The molecular formula is C14H17N5O2S. The smallest absolute Gasteiger partial charge is 0.211 e. The van der Waals surface area contributed by atoms with Crippen molar-refractivity contribution in [2.24, 2.45) is 0 Å². The molecule has 1 unspecified atom stereocenters. The van der Waals surface area contributed by atoms with Crippen LogP contribution in [-0.2, 0) is 10.0 Å². The zero-order chi connectivity index (χ0) is 15.6. The fourth-order valence-electron chi connectivity index (χ4n) is 2.63. The molecule has 2 aromatic rings. The number of hydrogen-bond donors (Lipinski definition) is 0. The van der Waals surface area contributed by atoms with Crippen LogP contribution in [0.4, 0.5) is 0 Å². The lowest BCUT2D eigenvalue weighted by atomic mass is 9.96. The summed E-state index contributed by atoms with van der Waals surface area (Å²) in [5, 5.41) is 0. The minimum atomic E-state index is -3.16. The molecule has 3 rings (SSSR count). The van der Waals surface area contributed by atoms with E-state index < -0.39 is 10.0 Å². The van der Waals surface area contributed by atoms with Crippen LogP contribution in [0.25, 0.3) is 11.3 Å². The van der Waals surface area contributed by atoms with Gasteiger partial charge in [0, 0.05) is 43.2 Å². The van der Waals surface area contributed by atoms with E-state index in [9.17, 15) is 8.42 Å². The first kappa shape index (κ1) is 15.0. The van der Waals surface area contributed by atoms with Crippen molar-refractivity contribution < 1.29 is 8.42 Å². The van der Waals surface area contributed by atoms with Gasteiger partial charge in [0.05, 0.1) is 23.8 Å². The van der Waals surface area contributed by atoms with E-state index in [4.69, 9.17) is 0 Å². The van der Waals surface area contributed by atoms with E-state index in [1.54, 1.807) is 24.8 Å². The molecule has 1 saturated heterocycles. The second kappa shape index (κ2) is 6.05. The summed E-state index contributed by atoms with van der Waals surface area (Å²) in [7, 11) is -3.16. The van der Waals surface area contributed by atoms with E-state index in [0.717, 1.165) is 24.1 Å². The van der Waals surface area contributed by atoms with E-state index in [2.05, 4.69) is 19.9 Å². The highest BCUT2D eigenvalue weighted by Gasteiger charge is 2.27. The predicted molar refractivity (Wildman–Crippen MR) is 81.4 cm³/mol. The third-order valence-corrected chi connectivity index (χ3v) is 5.05. The minimum absolute atomic E-state index is 0.0700. The van der Waals surface area contributed by atoms with Gasteiger partial charge in [0.1, 0.15) is 6.33 Å². The van der Waals surface area contributed by atoms with Gasteiger partial charge in [0.2, 0.25) is 10.0 Å². The van der Waals surface area contributed by atoms with Crippen LogP contribution in [0.2, 0.25) is 0 Å². The summed E-state index contributed by atoms with van der Waals surface area (Å²) in [6.45, 7) is 1.04. The monoisotopic (exact) mass is 319 g/mol. The van der Waals surface area contributed by atoms with Gasteiger partial charge in [-0.3, -0.25) is 4.98 Å². The van der Waals surface area contributed by atoms with Gasteiger partial charge < -0.3 is 0 Å². The number of hydrogen-bond acceptors (Lipinski definition) is 6. The molecule has 1 atom stereocenters. The van der Waals surface area contributed by atoms with Crippen LogP contribution in [0.1, 0.15) is 24.5 Å². The molecule has 0 spiro atoms. The Morgan fingerprint density at radius 1 is 1.14 bits per heavy atom. The Balaban J connectivity index is 1.86. The van der Waals surface area contributed by atoms with Gasteiger partial charge >= 0.3 is 0 Å². The highest BCUT2D eigenvalue weighted by molar-refractivity contribution is 7.88. The lowest BCUT2D eigenvalue weighted by molar-refractivity contribution is 0.314. The molecule has 8 heteroatoms. The van der Waals surface area contributed by atoms with E-state index in [0.29, 0.717) is 18.8 Å². The van der Waals surface area contributed by atoms with Crippen molar-refractivity contribution in [2.75, 3.05) is 19.3 Å². The van der Waals surface area contributed by atoms with E-state index in [-0.39, 0.29) is 5.92 Å². The lowest BCUT2D eigenvalue weighted by Gasteiger charge is -2.30. The molecule has 0 N–H and O–H groups in total. The van der Waals surface area contributed by atoms with Crippen molar-refractivity contribution in [2.45, 2.75) is 18.8 Å². The predicted octanol–water partition coefficient (Wildman–Crippen LogP) is 1.07. The topological polar surface area (TPSA) is 88.9 Å². The molecule has 0 bridgehead atoms. The molecular weight excluding hydrogens is 302 g/mol. The first-order valence-electron chi connectivity index (χ1n) is 7.06. The SMILES string of the molecule is CS(=O)(=O)N1CCCC(c2cncc(-c3cncnc3)n2)C1. The van der Waals surface area contributed by atoms with Crippen molar-refractivity contribution >= 4 is 10.0 Å². The second-order valence-electron chi connectivity index (χ2n) is 5.42. The molecule has 1 fully saturated rings. The molecule has 3 heterocycles. The normalized spacial score (nSPS) is 20.0. The Hall–Kier alpha value is -1.93. The van der Waals surface area contributed by atoms with Crippen LogP contribution >= 0.6 is 0 Å². The van der Waals surface area contributed by atoms with E-state index in [1.807, 2.05) is 0 Å². The summed E-state index contributed by atoms with van der Waals surface area (Å²) in [6, 6.07) is 0. The fraction of sp³-hybridized carbons (Fsp3) is 0.429. The summed E-state index contributed by atoms with van der Waals surface area (Å²) >= 11 is 0. The molecule has 22 heavy (non-hydrogen) atoms. The molecule has 0 aromatic carbocycles. The first-order valence-corrected chi connectivity index (χ1v) is 8.91. The summed E-state index contributed by atoms with van der Waals surface area (Å²) in [6.07, 6.45) is 11.2. The van der Waals surface area contributed by atoms with Crippen molar-refractivity contribution in [3.8, 4) is 11.3 Å². The highest BCUT2D eigenvalue weighted by Crippen LogP contribution is 2.27. The molecule has 0 aliphatic carbocycles. The average molecular weight is 319 g/mol. The minimum Gasteiger partial charge on any atom is -0.261 e. The maximum Gasteiger partial charge on any atom is 0.211 e. The van der Waals surface area contributed by atoms with E-state index >= 15 is 0 Å². The molecule has 2 aromatic heterocycles. The Bertz CT molecular complexity index is 751. The average Bonchev–Trinajstić information content (AvgIpc) is 2.55. The molecule has 0 saturated carbocycles. The molecule has 0 amide bonds. The Labute approximate surface area is 129 Å². The third-order valence-electron chi connectivity index (χ3n) is 3.78. The maximum atomic E-state index is 11.7. The zero-order valence-electron chi connectivity index (χ0n) is 12.3. The maximum absolute atomic E-state index is 11.7. The standard InChI is InChI=1S/C14H17N5O2S/c1-22(20,21)19-4-2-3-11(9-19)13-7-15-8-14(18-13)12-5-16-10-17-6-12/h5-8,10-11H,2-4,9H2,1H3. The zero-order valence-corrected chi connectivity index (χ0v) is 13.1. The quantitative estimate of drug-likeness (QED) is 0.841. The first-order chi connectivity index (χ1) is 10.5. The van der Waals surface area contributed by atoms with Crippen LogP contribution in [0.15, 0.2) is 31.1 Å². The molecule has 7 nitrogen and oxygen atoms in total. The fourth-order valence-corrected chi connectivity index (χ4v) is 3.54. The van der Waals surface area contributed by atoms with Crippen molar-refractivity contribution in [3.63, 3.8) is 0 Å². The number of aromatic nitrogens is 4. The van der Waals surface area contributed by atoms with Crippen LogP contribution in [0.3, 0.4) is 0 Å². The molecule has 0 radical (unpaired) electrons. The van der Waals surface area contributed by atoms with Crippen molar-refractivity contribution in [3.05, 3.63) is 36.8 Å². The Morgan fingerprint density at radius 3 is 2.64 bits per heavy atom. The molecule has 116 valence electrons. The summed E-state index contributed by atoms with van der Waals surface area (Å²) in [5.74, 6) is 0.0700. The summed E-state index contributed by atoms with van der Waals surface area (Å²) in [5.41, 5.74) is 2.32. The molecule has 1 aliphatic heterocycles. The largest absolute Gasteiger partial charge is 0.261 e. The van der Waals surface area contributed by atoms with Gasteiger partial charge in [-0.05, 0) is 12.8 Å². The number of sulfonamides is 1. The van der Waals surface area contributed by atoms with Gasteiger partial charge in [0.25, 0.3) is 0 Å². The summed E-state index contributed by atoms with van der Waals surface area (Å²) < 4.78 is 25.0. The van der Waals surface area contributed by atoms with Gasteiger partial charge in [-0.25, -0.2) is 27.7 Å². The van der Waals surface area contributed by atoms with Crippen LogP contribution in [0, 0.1) is 0 Å². The Morgan fingerprint density at radius 2 is 1.91 bits per heavy atom. The van der Waals surface area contributed by atoms with Crippen LogP contribution in [0.5, 0.6) is 0 Å². The number of rotatable bonds is 3. The van der Waals surface area contributed by atoms with Crippen molar-refractivity contribution in [1.82, 2.24) is 24.2 Å². The highest BCUT2D eigenvalue weighted by atomic mass is 32.2. The lowest BCUT2D eigenvalue weighted by Crippen LogP contribution is -2.38. The van der Waals surface area contributed by atoms with Crippen molar-refractivity contribution in [1.29, 1.82) is 0 Å². The molecule has 1 aliphatic rings. The van der Waals surface area contributed by atoms with E-state index in [1.165, 1.54) is 16.9 Å². The summed E-state index contributed by atoms with van der Waals surface area (Å²) in [4.78, 5) is 16.8. The number of piperidine rings is 1. The van der Waals surface area contributed by atoms with Gasteiger partial charge in [-0.1, -0.05) is 0 Å². The number of nitrogens with zero attached hydrogens (tertiary/aromatic N) is 5. The van der Waals surface area contributed by atoms with Gasteiger partial charge in [-0.2, -0.15) is 0 Å². The third kappa shape index (κ3) is 3.28. The van der Waals surface area contributed by atoms with Gasteiger partial charge in [-0.15, -0.1) is 0 Å². The second-order valence-corrected chi connectivity index (χ2v) is 7.40. The Kier molecular flexibility index (Phi) is 4.12.